The van der Waals surface area contributed by atoms with Crippen molar-refractivity contribution in [3.05, 3.63) is 71.4 Å². The summed E-state index contributed by atoms with van der Waals surface area (Å²) in [5.74, 6) is 0. The quantitative estimate of drug-likeness (QED) is 0.285. The van der Waals surface area contributed by atoms with Crippen LogP contribution >= 0.6 is 24.8 Å². The molecule has 164 valence electrons. The summed E-state index contributed by atoms with van der Waals surface area (Å²) < 4.78 is 0. The van der Waals surface area contributed by atoms with Gasteiger partial charge in [-0.2, -0.15) is 0 Å². The van der Waals surface area contributed by atoms with Crippen molar-refractivity contribution in [2.24, 2.45) is 0 Å². The molecule has 0 radical (unpaired) electrons. The van der Waals surface area contributed by atoms with E-state index >= 15 is 0 Å². The average Bonchev–Trinajstić information content (AvgIpc) is 2.89. The van der Waals surface area contributed by atoms with E-state index in [2.05, 4.69) is 70.2 Å². The molecule has 1 aromatic heterocycles. The lowest BCUT2D eigenvalue weighted by atomic mass is 10.1. The van der Waals surface area contributed by atoms with Crippen LogP contribution in [0.1, 0.15) is 55.3 Å². The van der Waals surface area contributed by atoms with E-state index in [9.17, 15) is 0 Å². The van der Waals surface area contributed by atoms with E-state index in [1.54, 1.807) is 0 Å². The monoisotopic (exact) mass is 447 g/mol. The molecule has 2 aromatic carbocycles. The predicted molar refractivity (Wildman–Crippen MR) is 133 cm³/mol. The van der Waals surface area contributed by atoms with Crippen LogP contribution in [0.25, 0.3) is 10.9 Å². The van der Waals surface area contributed by atoms with Gasteiger partial charge < -0.3 is 15.6 Å². The van der Waals surface area contributed by atoms with Gasteiger partial charge in [0.2, 0.25) is 0 Å². The Balaban J connectivity index is 0.00000160. The van der Waals surface area contributed by atoms with Gasteiger partial charge in [0.25, 0.3) is 0 Å². The molecule has 0 bridgehead atoms. The zero-order valence-corrected chi connectivity index (χ0v) is 19.3. The summed E-state index contributed by atoms with van der Waals surface area (Å²) in [6.07, 6.45) is 9.27. The molecular weight excluding hydrogens is 413 g/mol. The summed E-state index contributed by atoms with van der Waals surface area (Å²) in [6, 6.07) is 20.1. The third-order valence-electron chi connectivity index (χ3n) is 6.05. The van der Waals surface area contributed by atoms with Crippen molar-refractivity contribution >= 4 is 35.7 Å². The number of halogens is 2. The third-order valence-corrected chi connectivity index (χ3v) is 6.05. The van der Waals surface area contributed by atoms with E-state index in [4.69, 9.17) is 0 Å². The van der Waals surface area contributed by atoms with Crippen LogP contribution < -0.4 is 10.6 Å². The smallest absolute Gasteiger partial charge is 0.0459 e. The number of hydrogen-bond donors (Lipinski definition) is 3. The highest BCUT2D eigenvalue weighted by molar-refractivity contribution is 5.86. The maximum atomic E-state index is 3.84. The number of aromatic nitrogens is 1. The number of aromatic amines is 1. The minimum atomic E-state index is 0. The molecule has 5 heteroatoms. The number of nitrogens with one attached hydrogen (secondary N) is 3. The number of rotatable bonds is 8. The first-order valence-corrected chi connectivity index (χ1v) is 11.0. The van der Waals surface area contributed by atoms with Crippen molar-refractivity contribution in [3.8, 4) is 0 Å². The molecule has 3 aromatic rings. The van der Waals surface area contributed by atoms with Crippen LogP contribution in [0.4, 0.5) is 0 Å². The summed E-state index contributed by atoms with van der Waals surface area (Å²) in [5.41, 5.74) is 5.44. The van der Waals surface area contributed by atoms with Gasteiger partial charge in [0.05, 0.1) is 0 Å². The Morgan fingerprint density at radius 1 is 0.800 bits per heavy atom. The maximum absolute atomic E-state index is 3.84. The van der Waals surface area contributed by atoms with E-state index in [-0.39, 0.29) is 24.8 Å². The van der Waals surface area contributed by atoms with Crippen LogP contribution in [0.2, 0.25) is 0 Å². The molecule has 0 amide bonds. The molecule has 1 fully saturated rings. The lowest BCUT2D eigenvalue weighted by molar-refractivity contribution is 0.456. The van der Waals surface area contributed by atoms with Crippen molar-refractivity contribution in [1.82, 2.24) is 15.6 Å². The molecule has 0 saturated heterocycles. The van der Waals surface area contributed by atoms with E-state index in [1.165, 1.54) is 66.2 Å². The van der Waals surface area contributed by atoms with Gasteiger partial charge in [-0.05, 0) is 43.0 Å². The van der Waals surface area contributed by atoms with Gasteiger partial charge in [-0.1, -0.05) is 74.2 Å². The normalized spacial score (nSPS) is 14.7. The van der Waals surface area contributed by atoms with Crippen molar-refractivity contribution in [2.75, 3.05) is 6.54 Å². The van der Waals surface area contributed by atoms with E-state index in [0.29, 0.717) is 6.04 Å². The molecule has 0 atom stereocenters. The molecule has 0 unspecified atom stereocenters. The summed E-state index contributed by atoms with van der Waals surface area (Å²) in [5, 5.41) is 8.83. The molecule has 0 spiro atoms. The Kier molecular flexibility index (Phi) is 10.7. The Morgan fingerprint density at radius 3 is 2.27 bits per heavy atom. The van der Waals surface area contributed by atoms with Gasteiger partial charge in [0.15, 0.2) is 0 Å². The van der Waals surface area contributed by atoms with Crippen LogP contribution in [-0.2, 0) is 19.5 Å². The molecule has 0 aliphatic heterocycles. The van der Waals surface area contributed by atoms with Crippen molar-refractivity contribution in [1.29, 1.82) is 0 Å². The Labute approximate surface area is 193 Å². The second-order valence-electron chi connectivity index (χ2n) is 8.11. The molecule has 3 N–H and O–H groups in total. The van der Waals surface area contributed by atoms with Gasteiger partial charge in [0, 0.05) is 35.7 Å². The van der Waals surface area contributed by atoms with E-state index < -0.39 is 0 Å². The average molecular weight is 448 g/mol. The van der Waals surface area contributed by atoms with Crippen LogP contribution in [0.3, 0.4) is 0 Å². The highest BCUT2D eigenvalue weighted by atomic mass is 35.5. The summed E-state index contributed by atoms with van der Waals surface area (Å²) in [4.78, 5) is 3.69. The zero-order valence-electron chi connectivity index (χ0n) is 17.7. The Bertz CT molecular complexity index is 855. The van der Waals surface area contributed by atoms with Gasteiger partial charge in [-0.3, -0.25) is 0 Å². The number of hydrogen-bond acceptors (Lipinski definition) is 2. The van der Waals surface area contributed by atoms with Gasteiger partial charge in [0.1, 0.15) is 0 Å². The van der Waals surface area contributed by atoms with Crippen LogP contribution in [0.15, 0.2) is 54.6 Å². The third kappa shape index (κ3) is 6.75. The number of fused-ring (bicyclic) bond motifs is 1. The lowest BCUT2D eigenvalue weighted by Gasteiger charge is -2.16. The first-order valence-electron chi connectivity index (χ1n) is 11.0. The van der Waals surface area contributed by atoms with Crippen molar-refractivity contribution in [3.63, 3.8) is 0 Å². The molecule has 1 heterocycles. The van der Waals surface area contributed by atoms with Crippen molar-refractivity contribution in [2.45, 2.75) is 64.1 Å². The topological polar surface area (TPSA) is 39.8 Å². The molecule has 30 heavy (non-hydrogen) atoms. The first kappa shape index (κ1) is 24.7. The minimum absolute atomic E-state index is 0. The SMILES string of the molecule is Cl.Cl.c1ccc(CNCCc2c(CNC3CCCCCC3)[nH]c3ccccc23)cc1. The highest BCUT2D eigenvalue weighted by Crippen LogP contribution is 2.24. The summed E-state index contributed by atoms with van der Waals surface area (Å²) in [6.45, 7) is 2.87. The molecular formula is C25H35Cl2N3. The second-order valence-corrected chi connectivity index (χ2v) is 8.11. The van der Waals surface area contributed by atoms with Crippen molar-refractivity contribution < 1.29 is 0 Å². The second kappa shape index (κ2) is 13.0. The lowest BCUT2D eigenvalue weighted by Crippen LogP contribution is -2.28. The van der Waals surface area contributed by atoms with Crippen LogP contribution in [-0.4, -0.2) is 17.6 Å². The molecule has 3 nitrogen and oxygen atoms in total. The molecule has 1 aliphatic carbocycles. The fourth-order valence-corrected chi connectivity index (χ4v) is 4.46. The number of H-pyrrole nitrogens is 1. The van der Waals surface area contributed by atoms with Gasteiger partial charge >= 0.3 is 0 Å². The van der Waals surface area contributed by atoms with E-state index in [0.717, 1.165) is 26.1 Å². The fourth-order valence-electron chi connectivity index (χ4n) is 4.46. The molecule has 1 saturated carbocycles. The summed E-state index contributed by atoms with van der Waals surface area (Å²) in [7, 11) is 0. The van der Waals surface area contributed by atoms with Gasteiger partial charge in [-0.25, -0.2) is 0 Å². The standard InChI is InChI=1S/C25H33N3.2ClH/c1-2-7-13-21(12-6-1)27-19-25-23(22-14-8-9-15-24(22)28-25)16-17-26-18-20-10-4-3-5-11-20;;/h3-5,8-11,14-15,21,26-28H,1-2,6-7,12-13,16-19H2;2*1H. The largest absolute Gasteiger partial charge is 0.357 e. The minimum Gasteiger partial charge on any atom is -0.357 e. The fraction of sp³-hybridized carbons (Fsp3) is 0.440. The Morgan fingerprint density at radius 2 is 1.50 bits per heavy atom. The zero-order chi connectivity index (χ0) is 19.0. The maximum Gasteiger partial charge on any atom is 0.0459 e. The highest BCUT2D eigenvalue weighted by Gasteiger charge is 2.15. The van der Waals surface area contributed by atoms with Crippen LogP contribution in [0, 0.1) is 0 Å². The van der Waals surface area contributed by atoms with Crippen LogP contribution in [0.5, 0.6) is 0 Å². The van der Waals surface area contributed by atoms with Gasteiger partial charge in [-0.15, -0.1) is 24.8 Å². The Hall–Kier alpha value is -1.52. The summed E-state index contributed by atoms with van der Waals surface area (Å²) >= 11 is 0. The number of benzene rings is 2. The number of para-hydroxylation sites is 1. The van der Waals surface area contributed by atoms with E-state index in [1.807, 2.05) is 0 Å². The molecule has 1 aliphatic rings. The molecule has 4 rings (SSSR count). The predicted octanol–water partition coefficient (Wildman–Crippen LogP) is 6.16. The first-order chi connectivity index (χ1) is 13.9.